The van der Waals surface area contributed by atoms with Gasteiger partial charge in [0.2, 0.25) is 0 Å². The quantitative estimate of drug-likeness (QED) is 0.803. The van der Waals surface area contributed by atoms with Gasteiger partial charge in [0.25, 0.3) is 0 Å². The number of carboxylic acids is 1. The molecule has 1 atom stereocenters. The Morgan fingerprint density at radius 1 is 1.48 bits per heavy atom. The molecule has 2 aromatic rings. The SMILES string of the molecule is CC(S)Cc1ncc(CC(=O)O)n1Cc1ccccc1Cl. The topological polar surface area (TPSA) is 55.1 Å². The summed E-state index contributed by atoms with van der Waals surface area (Å²) in [5, 5.41) is 9.83. The van der Waals surface area contributed by atoms with Gasteiger partial charge in [-0.2, -0.15) is 12.6 Å². The molecule has 0 saturated carbocycles. The van der Waals surface area contributed by atoms with Gasteiger partial charge in [-0.25, -0.2) is 4.98 Å². The molecule has 1 unspecified atom stereocenters. The minimum absolute atomic E-state index is 0.0571. The first-order chi connectivity index (χ1) is 9.97. The van der Waals surface area contributed by atoms with Crippen molar-refractivity contribution in [1.82, 2.24) is 9.55 Å². The Labute approximate surface area is 134 Å². The molecule has 0 spiro atoms. The average molecular weight is 325 g/mol. The van der Waals surface area contributed by atoms with Gasteiger partial charge in [0.15, 0.2) is 0 Å². The Hall–Kier alpha value is -1.46. The second kappa shape index (κ2) is 7.00. The highest BCUT2D eigenvalue weighted by Gasteiger charge is 2.15. The van der Waals surface area contributed by atoms with Crippen LogP contribution in [-0.4, -0.2) is 25.9 Å². The zero-order valence-corrected chi connectivity index (χ0v) is 13.3. The van der Waals surface area contributed by atoms with Crippen molar-refractivity contribution in [2.24, 2.45) is 0 Å². The smallest absolute Gasteiger partial charge is 0.309 e. The third-order valence-corrected chi connectivity index (χ3v) is 3.67. The predicted octanol–water partition coefficient (Wildman–Crippen LogP) is 3.07. The fourth-order valence-electron chi connectivity index (χ4n) is 2.17. The molecule has 112 valence electrons. The van der Waals surface area contributed by atoms with Crippen LogP contribution in [0.4, 0.5) is 0 Å². The molecule has 6 heteroatoms. The van der Waals surface area contributed by atoms with Crippen LogP contribution in [0.5, 0.6) is 0 Å². The number of carbonyl (C=O) groups is 1. The Balaban J connectivity index is 2.36. The maximum atomic E-state index is 11.0. The maximum absolute atomic E-state index is 11.0. The van der Waals surface area contributed by atoms with Crippen molar-refractivity contribution in [3.63, 3.8) is 0 Å². The van der Waals surface area contributed by atoms with Gasteiger partial charge in [-0.05, 0) is 11.6 Å². The Morgan fingerprint density at radius 2 is 2.19 bits per heavy atom. The van der Waals surface area contributed by atoms with Crippen molar-refractivity contribution in [1.29, 1.82) is 0 Å². The fraction of sp³-hybridized carbons (Fsp3) is 0.333. The lowest BCUT2D eigenvalue weighted by Gasteiger charge is -2.13. The predicted molar refractivity (Wildman–Crippen MR) is 86.3 cm³/mol. The molecule has 0 bridgehead atoms. The van der Waals surface area contributed by atoms with Crippen LogP contribution < -0.4 is 0 Å². The van der Waals surface area contributed by atoms with Crippen LogP contribution in [-0.2, 0) is 24.2 Å². The van der Waals surface area contributed by atoms with Crippen molar-refractivity contribution in [2.75, 3.05) is 0 Å². The van der Waals surface area contributed by atoms with E-state index in [0.29, 0.717) is 23.7 Å². The van der Waals surface area contributed by atoms with Crippen molar-refractivity contribution < 1.29 is 9.90 Å². The lowest BCUT2D eigenvalue weighted by Crippen LogP contribution is -2.14. The minimum atomic E-state index is -0.874. The zero-order chi connectivity index (χ0) is 15.4. The average Bonchev–Trinajstić information content (AvgIpc) is 2.74. The van der Waals surface area contributed by atoms with E-state index in [-0.39, 0.29) is 11.7 Å². The Kier molecular flexibility index (Phi) is 5.31. The third kappa shape index (κ3) is 4.25. The number of benzene rings is 1. The van der Waals surface area contributed by atoms with E-state index < -0.39 is 5.97 Å². The van der Waals surface area contributed by atoms with Crippen molar-refractivity contribution in [2.45, 2.75) is 31.6 Å². The number of aliphatic carboxylic acids is 1. The van der Waals surface area contributed by atoms with Crippen LogP contribution in [0.15, 0.2) is 30.5 Å². The molecule has 0 aliphatic heterocycles. The number of rotatable bonds is 6. The summed E-state index contributed by atoms with van der Waals surface area (Å²) in [5.74, 6) is -0.0468. The molecular formula is C15H17ClN2O2S. The van der Waals surface area contributed by atoms with Gasteiger partial charge in [-0.15, -0.1) is 0 Å². The first kappa shape index (κ1) is 15.9. The molecule has 0 radical (unpaired) electrons. The van der Waals surface area contributed by atoms with Crippen LogP contribution in [0.3, 0.4) is 0 Å². The zero-order valence-electron chi connectivity index (χ0n) is 11.7. The van der Waals surface area contributed by atoms with E-state index in [1.165, 1.54) is 0 Å². The largest absolute Gasteiger partial charge is 0.481 e. The normalized spacial score (nSPS) is 12.3. The summed E-state index contributed by atoms with van der Waals surface area (Å²) in [6.45, 7) is 2.49. The molecule has 1 heterocycles. The van der Waals surface area contributed by atoms with E-state index in [0.717, 1.165) is 11.4 Å². The molecule has 0 amide bonds. The fourth-order valence-corrected chi connectivity index (χ4v) is 2.53. The lowest BCUT2D eigenvalue weighted by molar-refractivity contribution is -0.136. The van der Waals surface area contributed by atoms with E-state index in [9.17, 15) is 4.79 Å². The molecule has 21 heavy (non-hydrogen) atoms. The molecule has 0 aliphatic carbocycles. The van der Waals surface area contributed by atoms with E-state index >= 15 is 0 Å². The number of hydrogen-bond acceptors (Lipinski definition) is 3. The van der Waals surface area contributed by atoms with E-state index in [2.05, 4.69) is 17.6 Å². The highest BCUT2D eigenvalue weighted by molar-refractivity contribution is 7.80. The number of aromatic nitrogens is 2. The summed E-state index contributed by atoms with van der Waals surface area (Å²) in [6, 6.07) is 7.54. The van der Waals surface area contributed by atoms with Crippen LogP contribution in [0.25, 0.3) is 0 Å². The number of thiol groups is 1. The van der Waals surface area contributed by atoms with Gasteiger partial charge in [0, 0.05) is 28.6 Å². The van der Waals surface area contributed by atoms with Crippen molar-refractivity contribution in [3.8, 4) is 0 Å². The van der Waals surface area contributed by atoms with E-state index in [1.54, 1.807) is 6.20 Å². The Bertz CT molecular complexity index is 640. The maximum Gasteiger partial charge on any atom is 0.309 e. The standard InChI is InChI=1S/C15H17ClN2O2S/c1-10(21)6-14-17-8-12(7-15(19)20)18(14)9-11-4-2-3-5-13(11)16/h2-5,8,10,21H,6-7,9H2,1H3,(H,19,20). The monoisotopic (exact) mass is 324 g/mol. The van der Waals surface area contributed by atoms with Gasteiger partial charge < -0.3 is 9.67 Å². The molecule has 4 nitrogen and oxygen atoms in total. The summed E-state index contributed by atoms with van der Waals surface area (Å²) < 4.78 is 1.92. The van der Waals surface area contributed by atoms with Crippen LogP contribution in [0, 0.1) is 0 Å². The number of halogens is 1. The molecule has 0 saturated heterocycles. The molecule has 0 fully saturated rings. The number of nitrogens with zero attached hydrogens (tertiary/aromatic N) is 2. The third-order valence-electron chi connectivity index (χ3n) is 3.12. The molecule has 1 N–H and O–H groups in total. The van der Waals surface area contributed by atoms with Gasteiger partial charge in [-0.3, -0.25) is 4.79 Å². The highest BCUT2D eigenvalue weighted by atomic mass is 35.5. The molecular weight excluding hydrogens is 308 g/mol. The van der Waals surface area contributed by atoms with Crippen molar-refractivity contribution in [3.05, 3.63) is 52.6 Å². The second-order valence-corrected chi connectivity index (χ2v) is 6.26. The second-order valence-electron chi connectivity index (χ2n) is 4.97. The highest BCUT2D eigenvalue weighted by Crippen LogP contribution is 2.19. The van der Waals surface area contributed by atoms with Crippen LogP contribution >= 0.6 is 24.2 Å². The first-order valence-electron chi connectivity index (χ1n) is 6.64. The van der Waals surface area contributed by atoms with Crippen LogP contribution in [0.1, 0.15) is 24.0 Å². The first-order valence-corrected chi connectivity index (χ1v) is 7.53. The minimum Gasteiger partial charge on any atom is -0.481 e. The summed E-state index contributed by atoms with van der Waals surface area (Å²) in [6.07, 6.45) is 2.24. The van der Waals surface area contributed by atoms with E-state index in [1.807, 2.05) is 35.8 Å². The summed E-state index contributed by atoms with van der Waals surface area (Å²) >= 11 is 10.6. The summed E-state index contributed by atoms with van der Waals surface area (Å²) in [4.78, 5) is 15.3. The van der Waals surface area contributed by atoms with Gasteiger partial charge in [0.1, 0.15) is 5.82 Å². The van der Waals surface area contributed by atoms with E-state index in [4.69, 9.17) is 16.7 Å². The molecule has 2 rings (SSSR count). The van der Waals surface area contributed by atoms with Crippen molar-refractivity contribution >= 4 is 30.2 Å². The molecule has 0 aliphatic rings. The number of imidazole rings is 1. The number of hydrogen-bond donors (Lipinski definition) is 2. The molecule has 1 aromatic carbocycles. The van der Waals surface area contributed by atoms with Gasteiger partial charge in [-0.1, -0.05) is 36.7 Å². The van der Waals surface area contributed by atoms with Gasteiger partial charge in [0.05, 0.1) is 13.0 Å². The van der Waals surface area contributed by atoms with Crippen LogP contribution in [0.2, 0.25) is 5.02 Å². The molecule has 1 aromatic heterocycles. The van der Waals surface area contributed by atoms with Gasteiger partial charge >= 0.3 is 5.97 Å². The Morgan fingerprint density at radius 3 is 2.81 bits per heavy atom. The summed E-state index contributed by atoms with van der Waals surface area (Å²) in [5.41, 5.74) is 1.61. The number of carboxylic acid groups (broad SMARTS) is 1. The lowest BCUT2D eigenvalue weighted by atomic mass is 10.2. The summed E-state index contributed by atoms with van der Waals surface area (Å²) in [7, 11) is 0.